The molecule has 0 saturated carbocycles. The fraction of sp³-hybridized carbons (Fsp3) is 1.00. The Labute approximate surface area is 291 Å². The molecular formula is C37H78NO8Si+. The molecule has 0 aromatic carbocycles. The molecule has 0 radical (unpaired) electrons. The van der Waals surface area contributed by atoms with Crippen molar-refractivity contribution < 1.29 is 41.8 Å². The van der Waals surface area contributed by atoms with Crippen molar-refractivity contribution in [2.45, 2.75) is 142 Å². The highest BCUT2D eigenvalue weighted by Crippen LogP contribution is 2.21. The summed E-state index contributed by atoms with van der Waals surface area (Å²) >= 11 is 0. The summed E-state index contributed by atoms with van der Waals surface area (Å²) in [6, 6.07) is 0.807. The number of aliphatic hydroxyl groups is 1. The van der Waals surface area contributed by atoms with Crippen molar-refractivity contribution in [1.82, 2.24) is 0 Å². The van der Waals surface area contributed by atoms with Gasteiger partial charge in [-0.25, -0.2) is 0 Å². The average Bonchev–Trinajstić information content (AvgIpc) is 3.05. The van der Waals surface area contributed by atoms with Gasteiger partial charge in [-0.2, -0.15) is 0 Å². The van der Waals surface area contributed by atoms with Crippen molar-refractivity contribution in [3.8, 4) is 0 Å². The van der Waals surface area contributed by atoms with Crippen LogP contribution in [0.2, 0.25) is 6.04 Å². The molecule has 1 aliphatic rings. The SMILES string of the molecule is CCCCCCCCCCCCCCCCCC[N+](C)(C)CCC[Si]1(OCC)OCCOCCC(COCCOCCO)OCCO1. The van der Waals surface area contributed by atoms with Crippen LogP contribution < -0.4 is 0 Å². The van der Waals surface area contributed by atoms with Crippen LogP contribution >= 0.6 is 0 Å². The van der Waals surface area contributed by atoms with E-state index in [1.54, 1.807) is 0 Å². The van der Waals surface area contributed by atoms with Crippen molar-refractivity contribution in [3.05, 3.63) is 0 Å². The number of ether oxygens (including phenoxy) is 4. The first kappa shape index (κ1) is 44.9. The smallest absolute Gasteiger partial charge is 0.394 e. The molecule has 10 heteroatoms. The molecule has 0 aliphatic carbocycles. The molecule has 2 unspecified atom stereocenters. The number of aliphatic hydroxyl groups excluding tert-OH is 1. The van der Waals surface area contributed by atoms with Crippen molar-refractivity contribution in [2.75, 3.05) is 99.9 Å². The molecule has 0 aromatic heterocycles. The third-order valence-corrected chi connectivity index (χ3v) is 12.0. The van der Waals surface area contributed by atoms with E-state index < -0.39 is 8.80 Å². The molecule has 0 amide bonds. The van der Waals surface area contributed by atoms with Gasteiger partial charge in [0.1, 0.15) is 0 Å². The first-order chi connectivity index (χ1) is 23.0. The van der Waals surface area contributed by atoms with Gasteiger partial charge >= 0.3 is 8.80 Å². The molecule has 1 fully saturated rings. The van der Waals surface area contributed by atoms with Crippen molar-refractivity contribution in [2.24, 2.45) is 0 Å². The predicted octanol–water partition coefficient (Wildman–Crippen LogP) is 7.55. The standard InChI is InChI=1S/C37H78NO8Si/c1-5-7-8-9-10-11-12-13-14-15-16-17-18-19-20-21-24-38(3,4)25-22-35-47(44-6-2)45-33-31-40-27-23-37(43-32-34-46-47)36-42-30-29-41-28-26-39/h37,39H,5-36H2,1-4H3/q+1. The summed E-state index contributed by atoms with van der Waals surface area (Å²) in [6.45, 7) is 11.4. The second-order valence-corrected chi connectivity index (χ2v) is 16.6. The fourth-order valence-corrected chi connectivity index (χ4v) is 8.69. The molecule has 282 valence electrons. The Hall–Kier alpha value is -0.143. The van der Waals surface area contributed by atoms with E-state index in [0.29, 0.717) is 66.1 Å². The zero-order valence-electron chi connectivity index (χ0n) is 31.5. The van der Waals surface area contributed by atoms with Gasteiger partial charge in [0.15, 0.2) is 0 Å². The van der Waals surface area contributed by atoms with Gasteiger partial charge < -0.3 is 41.8 Å². The minimum absolute atomic E-state index is 0.0236. The summed E-state index contributed by atoms with van der Waals surface area (Å²) in [4.78, 5) is 0. The number of unbranched alkanes of at least 4 members (excludes halogenated alkanes) is 15. The third-order valence-electron chi connectivity index (χ3n) is 9.03. The maximum atomic E-state index is 8.81. The second kappa shape index (κ2) is 31.8. The molecule has 0 spiro atoms. The van der Waals surface area contributed by atoms with Crippen LogP contribution in [0.15, 0.2) is 0 Å². The molecule has 47 heavy (non-hydrogen) atoms. The van der Waals surface area contributed by atoms with E-state index in [0.717, 1.165) is 29.9 Å². The molecule has 1 aliphatic heterocycles. The maximum Gasteiger partial charge on any atom is 0.501 e. The summed E-state index contributed by atoms with van der Waals surface area (Å²) < 4.78 is 42.9. The lowest BCUT2D eigenvalue weighted by Gasteiger charge is -2.33. The first-order valence-corrected chi connectivity index (χ1v) is 21.6. The van der Waals surface area contributed by atoms with E-state index in [1.807, 2.05) is 6.92 Å². The van der Waals surface area contributed by atoms with Crippen molar-refractivity contribution in [3.63, 3.8) is 0 Å². The molecule has 1 heterocycles. The molecule has 0 aromatic rings. The normalized spacial score (nSPS) is 20.2. The van der Waals surface area contributed by atoms with E-state index >= 15 is 0 Å². The van der Waals surface area contributed by atoms with E-state index in [2.05, 4.69) is 21.0 Å². The molecule has 2 atom stereocenters. The summed E-state index contributed by atoms with van der Waals surface area (Å²) in [7, 11) is 1.87. The zero-order chi connectivity index (χ0) is 34.2. The largest absolute Gasteiger partial charge is 0.501 e. The quantitative estimate of drug-likeness (QED) is 0.0470. The van der Waals surface area contributed by atoms with Crippen LogP contribution in [-0.4, -0.2) is 124 Å². The first-order valence-electron chi connectivity index (χ1n) is 19.7. The Morgan fingerprint density at radius 1 is 0.638 bits per heavy atom. The van der Waals surface area contributed by atoms with Gasteiger partial charge in [0, 0.05) is 25.7 Å². The van der Waals surface area contributed by atoms with Crippen LogP contribution in [-0.2, 0) is 32.2 Å². The highest BCUT2D eigenvalue weighted by Gasteiger charge is 2.41. The van der Waals surface area contributed by atoms with Crippen LogP contribution in [0.3, 0.4) is 0 Å². The van der Waals surface area contributed by atoms with E-state index in [-0.39, 0.29) is 12.7 Å². The van der Waals surface area contributed by atoms with E-state index in [4.69, 9.17) is 37.3 Å². The maximum absolute atomic E-state index is 8.81. The minimum atomic E-state index is -2.84. The number of quaternary nitrogens is 1. The van der Waals surface area contributed by atoms with Gasteiger partial charge in [-0.3, -0.25) is 0 Å². The topological polar surface area (TPSA) is 84.8 Å². The monoisotopic (exact) mass is 693 g/mol. The Balaban J connectivity index is 2.23. The summed E-state index contributed by atoms with van der Waals surface area (Å²) in [5.41, 5.74) is 0. The third kappa shape index (κ3) is 27.3. The van der Waals surface area contributed by atoms with Gasteiger partial charge in [0.05, 0.1) is 92.8 Å². The van der Waals surface area contributed by atoms with Gasteiger partial charge in [0.2, 0.25) is 0 Å². The fourth-order valence-electron chi connectivity index (χ4n) is 6.18. The van der Waals surface area contributed by atoms with E-state index in [1.165, 1.54) is 109 Å². The molecule has 1 rings (SSSR count). The highest BCUT2D eigenvalue weighted by molar-refractivity contribution is 6.60. The van der Waals surface area contributed by atoms with Crippen LogP contribution in [0.1, 0.15) is 129 Å². The summed E-state index contributed by atoms with van der Waals surface area (Å²) in [5, 5.41) is 8.81. The average molecular weight is 693 g/mol. The lowest BCUT2D eigenvalue weighted by atomic mass is 10.0. The van der Waals surface area contributed by atoms with Gasteiger partial charge in [-0.15, -0.1) is 0 Å². The molecule has 1 saturated heterocycles. The molecular weight excluding hydrogens is 614 g/mol. The number of nitrogens with zero attached hydrogens (tertiary/aromatic N) is 1. The summed E-state index contributed by atoms with van der Waals surface area (Å²) in [6.07, 6.45) is 24.2. The molecule has 1 N–H and O–H groups in total. The zero-order valence-corrected chi connectivity index (χ0v) is 32.5. The number of hydrogen-bond acceptors (Lipinski definition) is 8. The van der Waals surface area contributed by atoms with Crippen molar-refractivity contribution in [1.29, 1.82) is 0 Å². The van der Waals surface area contributed by atoms with Crippen molar-refractivity contribution >= 4 is 8.80 Å². The highest BCUT2D eigenvalue weighted by atomic mass is 28.4. The number of rotatable bonds is 30. The lowest BCUT2D eigenvalue weighted by Crippen LogP contribution is -2.49. The Bertz CT molecular complexity index is 662. The van der Waals surface area contributed by atoms with E-state index in [9.17, 15) is 0 Å². The minimum Gasteiger partial charge on any atom is -0.394 e. The molecule has 0 bridgehead atoms. The Kier molecular flexibility index (Phi) is 30.4. The van der Waals surface area contributed by atoms with Crippen LogP contribution in [0.25, 0.3) is 0 Å². The van der Waals surface area contributed by atoms with Crippen LogP contribution in [0.4, 0.5) is 0 Å². The van der Waals surface area contributed by atoms with Gasteiger partial charge in [-0.1, -0.05) is 96.8 Å². The van der Waals surface area contributed by atoms with Gasteiger partial charge in [-0.05, 0) is 26.2 Å². The van der Waals surface area contributed by atoms with Crippen LogP contribution in [0, 0.1) is 0 Å². The predicted molar refractivity (Wildman–Crippen MR) is 194 cm³/mol. The lowest BCUT2D eigenvalue weighted by molar-refractivity contribution is -0.890. The number of hydrogen-bond donors (Lipinski definition) is 1. The Morgan fingerprint density at radius 2 is 1.19 bits per heavy atom. The van der Waals surface area contributed by atoms with Crippen LogP contribution in [0.5, 0.6) is 0 Å². The summed E-state index contributed by atoms with van der Waals surface area (Å²) in [5.74, 6) is 0. The van der Waals surface area contributed by atoms with Gasteiger partial charge in [0.25, 0.3) is 0 Å². The molecule has 9 nitrogen and oxygen atoms in total. The second-order valence-electron chi connectivity index (χ2n) is 13.9. The Morgan fingerprint density at radius 3 is 1.79 bits per heavy atom.